The van der Waals surface area contributed by atoms with Crippen LogP contribution in [0.1, 0.15) is 46.8 Å². The average Bonchev–Trinajstić information content (AvgIpc) is 3.24. The monoisotopic (exact) mass is 410 g/mol. The summed E-state index contributed by atoms with van der Waals surface area (Å²) in [4.78, 5) is 25.4. The molecule has 0 radical (unpaired) electrons. The van der Waals surface area contributed by atoms with Gasteiger partial charge < -0.3 is 20.1 Å². The number of amides is 2. The number of ether oxygens (including phenoxy) is 2. The fourth-order valence-electron chi connectivity index (χ4n) is 3.50. The van der Waals surface area contributed by atoms with E-state index in [4.69, 9.17) is 9.47 Å². The largest absolute Gasteiger partial charge is 0.481 e. The topological polar surface area (TPSA) is 76.7 Å². The van der Waals surface area contributed by atoms with Gasteiger partial charge in [-0.15, -0.1) is 0 Å². The third kappa shape index (κ3) is 5.39. The Bertz CT molecular complexity index is 919. The molecule has 6 heteroatoms. The predicted octanol–water partition coefficient (Wildman–Crippen LogP) is 3.93. The first kappa shape index (κ1) is 21.8. The van der Waals surface area contributed by atoms with E-state index in [-0.39, 0.29) is 17.9 Å². The summed E-state index contributed by atoms with van der Waals surface area (Å²) in [5.41, 5.74) is 4.08. The van der Waals surface area contributed by atoms with Crippen LogP contribution in [0, 0.1) is 20.8 Å². The molecular weight excluding hydrogens is 380 g/mol. The van der Waals surface area contributed by atoms with Crippen molar-refractivity contribution >= 4 is 17.5 Å². The quantitative estimate of drug-likeness (QED) is 0.725. The minimum absolute atomic E-state index is 0.0603. The standard InChI is InChI=1S/C24H30N2O4/c1-15-12-16(2)17(3)22(13-15)30-18(4)23(27)26-21-10-6-5-9-20(21)24(28)25-14-19-8-7-11-29-19/h5-6,9-10,12-13,18-19H,7-8,11,14H2,1-4H3,(H,25,28)(H,26,27)/t18-,19+/m1/s1. The molecule has 2 aromatic rings. The van der Waals surface area contributed by atoms with Crippen LogP contribution in [0.2, 0.25) is 0 Å². The van der Waals surface area contributed by atoms with Gasteiger partial charge in [-0.25, -0.2) is 0 Å². The molecule has 3 rings (SSSR count). The van der Waals surface area contributed by atoms with Crippen LogP contribution in [0.15, 0.2) is 36.4 Å². The van der Waals surface area contributed by atoms with E-state index < -0.39 is 6.10 Å². The first-order valence-electron chi connectivity index (χ1n) is 10.4. The highest BCUT2D eigenvalue weighted by Crippen LogP contribution is 2.25. The molecule has 1 heterocycles. The van der Waals surface area contributed by atoms with Crippen molar-refractivity contribution < 1.29 is 19.1 Å². The van der Waals surface area contributed by atoms with Crippen LogP contribution in [0.3, 0.4) is 0 Å². The molecule has 1 aliphatic rings. The molecule has 6 nitrogen and oxygen atoms in total. The van der Waals surface area contributed by atoms with Crippen molar-refractivity contribution in [2.75, 3.05) is 18.5 Å². The van der Waals surface area contributed by atoms with Gasteiger partial charge in [0, 0.05) is 13.2 Å². The third-order valence-corrected chi connectivity index (χ3v) is 5.38. The predicted molar refractivity (Wildman–Crippen MR) is 117 cm³/mol. The number of carbonyl (C=O) groups is 2. The number of rotatable bonds is 7. The zero-order chi connectivity index (χ0) is 21.7. The molecule has 0 unspecified atom stereocenters. The third-order valence-electron chi connectivity index (χ3n) is 5.38. The summed E-state index contributed by atoms with van der Waals surface area (Å²) in [5, 5.41) is 5.73. The van der Waals surface area contributed by atoms with Crippen LogP contribution < -0.4 is 15.4 Å². The first-order chi connectivity index (χ1) is 14.3. The van der Waals surface area contributed by atoms with E-state index in [1.807, 2.05) is 26.8 Å². The van der Waals surface area contributed by atoms with E-state index >= 15 is 0 Å². The van der Waals surface area contributed by atoms with Crippen molar-refractivity contribution in [1.82, 2.24) is 5.32 Å². The molecule has 2 N–H and O–H groups in total. The molecule has 0 spiro atoms. The minimum Gasteiger partial charge on any atom is -0.481 e. The molecule has 2 atom stereocenters. The Balaban J connectivity index is 1.65. The second kappa shape index (κ2) is 9.76. The summed E-state index contributed by atoms with van der Waals surface area (Å²) in [7, 11) is 0. The molecule has 2 aromatic carbocycles. The maximum Gasteiger partial charge on any atom is 0.265 e. The fraction of sp³-hybridized carbons (Fsp3) is 0.417. The van der Waals surface area contributed by atoms with Crippen molar-refractivity contribution in [2.24, 2.45) is 0 Å². The lowest BCUT2D eigenvalue weighted by atomic mass is 10.1. The number of benzene rings is 2. The van der Waals surface area contributed by atoms with Crippen LogP contribution in [0.25, 0.3) is 0 Å². The van der Waals surface area contributed by atoms with Gasteiger partial charge in [0.05, 0.1) is 17.4 Å². The van der Waals surface area contributed by atoms with Crippen LogP contribution in [-0.4, -0.2) is 37.2 Å². The zero-order valence-corrected chi connectivity index (χ0v) is 18.1. The summed E-state index contributed by atoms with van der Waals surface area (Å²) in [5.74, 6) is 0.144. The van der Waals surface area contributed by atoms with Gasteiger partial charge in [-0.1, -0.05) is 18.2 Å². The smallest absolute Gasteiger partial charge is 0.265 e. The highest BCUT2D eigenvalue weighted by Gasteiger charge is 2.21. The van der Waals surface area contributed by atoms with E-state index in [0.29, 0.717) is 23.5 Å². The normalized spacial score (nSPS) is 16.7. The van der Waals surface area contributed by atoms with Gasteiger partial charge in [0.1, 0.15) is 5.75 Å². The summed E-state index contributed by atoms with van der Waals surface area (Å²) < 4.78 is 11.5. The van der Waals surface area contributed by atoms with Gasteiger partial charge in [-0.3, -0.25) is 9.59 Å². The maximum atomic E-state index is 12.8. The van der Waals surface area contributed by atoms with Gasteiger partial charge in [0.2, 0.25) is 0 Å². The van der Waals surface area contributed by atoms with Crippen LogP contribution >= 0.6 is 0 Å². The molecule has 0 saturated carbocycles. The van der Waals surface area contributed by atoms with Crippen LogP contribution in [0.5, 0.6) is 5.75 Å². The molecule has 1 saturated heterocycles. The molecule has 0 aliphatic carbocycles. The van der Waals surface area contributed by atoms with Crippen molar-refractivity contribution in [3.05, 3.63) is 58.7 Å². The number of hydrogen-bond acceptors (Lipinski definition) is 4. The molecule has 1 aliphatic heterocycles. The summed E-state index contributed by atoms with van der Waals surface area (Å²) >= 11 is 0. The highest BCUT2D eigenvalue weighted by atomic mass is 16.5. The second-order valence-corrected chi connectivity index (χ2v) is 7.84. The summed E-state index contributed by atoms with van der Waals surface area (Å²) in [6, 6.07) is 11.0. The van der Waals surface area contributed by atoms with E-state index in [1.165, 1.54) is 0 Å². The Hall–Kier alpha value is -2.86. The van der Waals surface area contributed by atoms with Gasteiger partial charge in [-0.05, 0) is 75.4 Å². The molecule has 0 bridgehead atoms. The van der Waals surface area contributed by atoms with Gasteiger partial charge in [0.25, 0.3) is 11.8 Å². The SMILES string of the molecule is Cc1cc(C)c(C)c(O[C@H](C)C(=O)Nc2ccccc2C(=O)NC[C@@H]2CCCO2)c1. The van der Waals surface area contributed by atoms with E-state index in [2.05, 4.69) is 16.7 Å². The second-order valence-electron chi connectivity index (χ2n) is 7.84. The van der Waals surface area contributed by atoms with E-state index in [0.717, 1.165) is 36.1 Å². The lowest BCUT2D eigenvalue weighted by Gasteiger charge is -2.19. The molecular formula is C24H30N2O4. The molecule has 2 amide bonds. The average molecular weight is 411 g/mol. The van der Waals surface area contributed by atoms with E-state index in [1.54, 1.807) is 31.2 Å². The number of para-hydroxylation sites is 1. The number of hydrogen-bond donors (Lipinski definition) is 2. The zero-order valence-electron chi connectivity index (χ0n) is 18.1. The lowest BCUT2D eigenvalue weighted by molar-refractivity contribution is -0.122. The van der Waals surface area contributed by atoms with Gasteiger partial charge in [0.15, 0.2) is 6.10 Å². The Labute approximate surface area is 178 Å². The number of carbonyl (C=O) groups excluding carboxylic acids is 2. The van der Waals surface area contributed by atoms with Gasteiger partial charge in [-0.2, -0.15) is 0 Å². The molecule has 160 valence electrons. The van der Waals surface area contributed by atoms with Crippen molar-refractivity contribution in [1.29, 1.82) is 0 Å². The summed E-state index contributed by atoms with van der Waals surface area (Å²) in [6.07, 6.45) is 1.31. The van der Waals surface area contributed by atoms with Crippen molar-refractivity contribution in [3.8, 4) is 5.75 Å². The highest BCUT2D eigenvalue weighted by molar-refractivity contribution is 6.04. The number of aryl methyl sites for hydroxylation is 2. The first-order valence-corrected chi connectivity index (χ1v) is 10.4. The van der Waals surface area contributed by atoms with Crippen molar-refractivity contribution in [2.45, 2.75) is 52.7 Å². The number of anilines is 1. The maximum absolute atomic E-state index is 12.8. The van der Waals surface area contributed by atoms with Gasteiger partial charge >= 0.3 is 0 Å². The van der Waals surface area contributed by atoms with Crippen LogP contribution in [0.4, 0.5) is 5.69 Å². The Morgan fingerprint density at radius 2 is 1.97 bits per heavy atom. The molecule has 1 fully saturated rings. The Kier molecular flexibility index (Phi) is 7.11. The van der Waals surface area contributed by atoms with E-state index in [9.17, 15) is 9.59 Å². The Morgan fingerprint density at radius 1 is 1.20 bits per heavy atom. The van der Waals surface area contributed by atoms with Crippen LogP contribution in [-0.2, 0) is 9.53 Å². The molecule has 0 aromatic heterocycles. The lowest BCUT2D eigenvalue weighted by Crippen LogP contribution is -2.34. The fourth-order valence-corrected chi connectivity index (χ4v) is 3.50. The number of nitrogens with one attached hydrogen (secondary N) is 2. The van der Waals surface area contributed by atoms with Crippen molar-refractivity contribution in [3.63, 3.8) is 0 Å². The summed E-state index contributed by atoms with van der Waals surface area (Å²) in [6.45, 7) is 8.90. The minimum atomic E-state index is -0.715. The molecule has 30 heavy (non-hydrogen) atoms. The Morgan fingerprint density at radius 3 is 2.70 bits per heavy atom.